The molecule has 0 saturated heterocycles. The maximum atomic E-state index is 13.6. The van der Waals surface area contributed by atoms with Crippen molar-refractivity contribution >= 4 is 43.0 Å². The highest BCUT2D eigenvalue weighted by molar-refractivity contribution is 7.92. The van der Waals surface area contributed by atoms with Gasteiger partial charge in [0.25, 0.3) is 26.0 Å². The van der Waals surface area contributed by atoms with Gasteiger partial charge in [-0.1, -0.05) is 19.1 Å². The number of amides is 1. The van der Waals surface area contributed by atoms with E-state index in [1.165, 1.54) is 36.2 Å². The summed E-state index contributed by atoms with van der Waals surface area (Å²) < 4.78 is 76.0. The largest absolute Gasteiger partial charge is 0.486 e. The Bertz CT molecular complexity index is 1560. The SMILES string of the molecule is C[C@@H]1CN([C@@H](C)CO)C(=O)c2cccc(NS(=O)(=O)c3ccc(F)cc3)c2O[C@@H]1CN(C)S(=O)(=O)c1cccs1. The third-order valence-corrected chi connectivity index (χ3v) is 11.2. The van der Waals surface area contributed by atoms with E-state index in [0.29, 0.717) is 0 Å². The Hall–Kier alpha value is -3.04. The predicted molar refractivity (Wildman–Crippen MR) is 149 cm³/mol. The number of anilines is 1. The van der Waals surface area contributed by atoms with Gasteiger partial charge >= 0.3 is 0 Å². The Balaban J connectivity index is 1.76. The van der Waals surface area contributed by atoms with Crippen LogP contribution in [0.4, 0.5) is 10.1 Å². The molecule has 0 spiro atoms. The van der Waals surface area contributed by atoms with Crippen molar-refractivity contribution in [3.63, 3.8) is 0 Å². The van der Waals surface area contributed by atoms with Crippen LogP contribution >= 0.6 is 11.3 Å². The smallest absolute Gasteiger partial charge is 0.262 e. The van der Waals surface area contributed by atoms with Crippen LogP contribution in [0.15, 0.2) is 69.1 Å². The molecule has 4 rings (SSSR count). The van der Waals surface area contributed by atoms with Crippen molar-refractivity contribution in [3.8, 4) is 5.75 Å². The summed E-state index contributed by atoms with van der Waals surface area (Å²) >= 11 is 1.08. The molecular formula is C26H30FN3O7S3. The third-order valence-electron chi connectivity index (χ3n) is 6.66. The molecule has 1 aromatic heterocycles. The lowest BCUT2D eigenvalue weighted by Crippen LogP contribution is -2.50. The Kier molecular flexibility index (Phi) is 8.85. The van der Waals surface area contributed by atoms with Gasteiger partial charge in [-0.25, -0.2) is 21.2 Å². The lowest BCUT2D eigenvalue weighted by Gasteiger charge is -2.38. The summed E-state index contributed by atoms with van der Waals surface area (Å²) in [5.41, 5.74) is -0.00471. The number of ether oxygens (including phenoxy) is 1. The summed E-state index contributed by atoms with van der Waals surface area (Å²) in [4.78, 5) is 14.9. The number of nitrogens with zero attached hydrogens (tertiary/aromatic N) is 2. The lowest BCUT2D eigenvalue weighted by atomic mass is 9.99. The van der Waals surface area contributed by atoms with E-state index < -0.39 is 49.8 Å². The number of aliphatic hydroxyl groups excluding tert-OH is 1. The zero-order valence-electron chi connectivity index (χ0n) is 22.0. The fourth-order valence-corrected chi connectivity index (χ4v) is 7.72. The molecule has 2 aromatic carbocycles. The molecule has 3 aromatic rings. The Labute approximate surface area is 237 Å². The summed E-state index contributed by atoms with van der Waals surface area (Å²) in [7, 11) is -6.62. The van der Waals surface area contributed by atoms with E-state index in [-0.39, 0.29) is 45.8 Å². The van der Waals surface area contributed by atoms with Crippen molar-refractivity contribution in [2.24, 2.45) is 5.92 Å². The van der Waals surface area contributed by atoms with E-state index in [0.717, 1.165) is 39.9 Å². The highest BCUT2D eigenvalue weighted by Crippen LogP contribution is 2.36. The number of benzene rings is 2. The number of para-hydroxylation sites is 1. The van der Waals surface area contributed by atoms with Crippen LogP contribution in [-0.4, -0.2) is 75.9 Å². The van der Waals surface area contributed by atoms with Crippen LogP contribution in [0, 0.1) is 11.7 Å². The minimum Gasteiger partial charge on any atom is -0.486 e. The standard InChI is InChI=1S/C26H30FN3O7S3/c1-17-14-30(18(2)16-31)26(32)21-6-4-7-22(28-39(33,34)20-11-9-19(27)10-12-20)25(21)37-23(17)15-29(3)40(35,36)24-8-5-13-38-24/h4-13,17-18,23,28,31H,14-16H2,1-3H3/t17-,18+,23-/m1/s1. The molecule has 0 fully saturated rings. The summed E-state index contributed by atoms with van der Waals surface area (Å²) in [6.45, 7) is 3.20. The van der Waals surface area contributed by atoms with Gasteiger partial charge in [0, 0.05) is 19.5 Å². The van der Waals surface area contributed by atoms with E-state index in [9.17, 15) is 31.1 Å². The van der Waals surface area contributed by atoms with Crippen LogP contribution in [0.2, 0.25) is 0 Å². The Morgan fingerprint density at radius 1 is 1.15 bits per heavy atom. The number of carbonyl (C=O) groups is 1. The second-order valence-electron chi connectivity index (χ2n) is 9.58. The summed E-state index contributed by atoms with van der Waals surface area (Å²) in [6, 6.07) is 11.2. The number of halogens is 1. The van der Waals surface area contributed by atoms with Crippen molar-refractivity contribution in [2.45, 2.75) is 35.1 Å². The van der Waals surface area contributed by atoms with Crippen LogP contribution < -0.4 is 9.46 Å². The number of fused-ring (bicyclic) bond motifs is 1. The zero-order chi connectivity index (χ0) is 29.2. The number of nitrogens with one attached hydrogen (secondary N) is 1. The number of hydrogen-bond acceptors (Lipinski definition) is 8. The normalized spacial score (nSPS) is 18.9. The molecule has 10 nitrogen and oxygen atoms in total. The summed E-state index contributed by atoms with van der Waals surface area (Å²) in [5.74, 6) is -1.58. The van der Waals surface area contributed by atoms with E-state index in [1.807, 2.05) is 0 Å². The lowest BCUT2D eigenvalue weighted by molar-refractivity contribution is 0.0389. The molecule has 0 saturated carbocycles. The summed E-state index contributed by atoms with van der Waals surface area (Å²) in [5, 5.41) is 11.5. The first kappa shape index (κ1) is 29.9. The molecule has 0 bridgehead atoms. The molecule has 40 heavy (non-hydrogen) atoms. The van der Waals surface area contributed by atoms with Gasteiger partial charge < -0.3 is 14.7 Å². The minimum absolute atomic E-state index is 0.0419. The van der Waals surface area contributed by atoms with Crippen molar-refractivity contribution in [1.29, 1.82) is 0 Å². The number of rotatable bonds is 9. The van der Waals surface area contributed by atoms with E-state index in [2.05, 4.69) is 4.72 Å². The predicted octanol–water partition coefficient (Wildman–Crippen LogP) is 3.23. The van der Waals surface area contributed by atoms with Gasteiger partial charge in [0.15, 0.2) is 5.75 Å². The first-order chi connectivity index (χ1) is 18.8. The third kappa shape index (κ3) is 6.15. The van der Waals surface area contributed by atoms with Crippen LogP contribution in [-0.2, 0) is 20.0 Å². The van der Waals surface area contributed by atoms with Gasteiger partial charge in [0.05, 0.1) is 35.3 Å². The second-order valence-corrected chi connectivity index (χ2v) is 14.5. The highest BCUT2D eigenvalue weighted by atomic mass is 32.2. The van der Waals surface area contributed by atoms with Gasteiger partial charge in [-0.05, 0) is 54.8 Å². The first-order valence-electron chi connectivity index (χ1n) is 12.3. The average Bonchev–Trinajstić information content (AvgIpc) is 3.47. The van der Waals surface area contributed by atoms with Crippen LogP contribution in [0.5, 0.6) is 5.75 Å². The van der Waals surface area contributed by atoms with Crippen molar-refractivity contribution in [3.05, 3.63) is 71.4 Å². The Morgan fingerprint density at radius 3 is 2.48 bits per heavy atom. The number of likely N-dealkylation sites (N-methyl/N-ethyl adjacent to an activating group) is 1. The van der Waals surface area contributed by atoms with Crippen LogP contribution in [0.1, 0.15) is 24.2 Å². The molecule has 1 aliphatic heterocycles. The minimum atomic E-state index is -4.21. The van der Waals surface area contributed by atoms with Crippen LogP contribution in [0.25, 0.3) is 0 Å². The second kappa shape index (κ2) is 11.8. The van der Waals surface area contributed by atoms with Crippen molar-refractivity contribution in [1.82, 2.24) is 9.21 Å². The molecule has 0 unspecified atom stereocenters. The van der Waals surface area contributed by atoms with Gasteiger partial charge in [0.2, 0.25) is 0 Å². The van der Waals surface area contributed by atoms with E-state index in [4.69, 9.17) is 4.74 Å². The monoisotopic (exact) mass is 611 g/mol. The summed E-state index contributed by atoms with van der Waals surface area (Å²) in [6.07, 6.45) is -0.809. The molecular weight excluding hydrogens is 581 g/mol. The van der Waals surface area contributed by atoms with Gasteiger partial charge in [0.1, 0.15) is 16.1 Å². The number of hydrogen-bond donors (Lipinski definition) is 2. The van der Waals surface area contributed by atoms with Gasteiger partial charge in [-0.15, -0.1) is 11.3 Å². The molecule has 216 valence electrons. The number of carbonyl (C=O) groups excluding carboxylic acids is 1. The van der Waals surface area contributed by atoms with Gasteiger partial charge in [-0.3, -0.25) is 9.52 Å². The van der Waals surface area contributed by atoms with Gasteiger partial charge in [-0.2, -0.15) is 4.31 Å². The van der Waals surface area contributed by atoms with E-state index in [1.54, 1.807) is 25.3 Å². The van der Waals surface area contributed by atoms with Crippen LogP contribution in [0.3, 0.4) is 0 Å². The van der Waals surface area contributed by atoms with E-state index >= 15 is 0 Å². The number of sulfonamides is 2. The molecule has 14 heteroatoms. The molecule has 2 N–H and O–H groups in total. The average molecular weight is 612 g/mol. The number of aliphatic hydroxyl groups is 1. The maximum absolute atomic E-state index is 13.6. The Morgan fingerprint density at radius 2 is 1.85 bits per heavy atom. The molecule has 1 aliphatic rings. The molecule has 0 radical (unpaired) electrons. The van der Waals surface area contributed by atoms with Crippen molar-refractivity contribution in [2.75, 3.05) is 31.5 Å². The molecule has 3 atom stereocenters. The quantitative estimate of drug-likeness (QED) is 0.380. The zero-order valence-corrected chi connectivity index (χ0v) is 24.5. The van der Waals surface area contributed by atoms with Crippen molar-refractivity contribution < 1.29 is 35.9 Å². The topological polar surface area (TPSA) is 133 Å². The fourth-order valence-electron chi connectivity index (χ4n) is 4.27. The molecule has 2 heterocycles. The first-order valence-corrected chi connectivity index (χ1v) is 16.1. The molecule has 0 aliphatic carbocycles. The fraction of sp³-hybridized carbons (Fsp3) is 0.346. The number of thiophene rings is 1. The maximum Gasteiger partial charge on any atom is 0.262 e. The highest BCUT2D eigenvalue weighted by Gasteiger charge is 2.36. The molecule has 1 amide bonds.